The fourth-order valence-corrected chi connectivity index (χ4v) is 2.42. The topological polar surface area (TPSA) is 54.6 Å². The van der Waals surface area contributed by atoms with Gasteiger partial charge in [-0.1, -0.05) is 18.2 Å². The Morgan fingerprint density at radius 1 is 1.28 bits per heavy atom. The fourth-order valence-electron chi connectivity index (χ4n) is 2.42. The third-order valence-corrected chi connectivity index (χ3v) is 3.20. The molecule has 2 aromatic heterocycles. The second kappa shape index (κ2) is 3.57. The van der Waals surface area contributed by atoms with Crippen molar-refractivity contribution in [2.45, 2.75) is 13.8 Å². The summed E-state index contributed by atoms with van der Waals surface area (Å²) >= 11 is 0. The van der Waals surface area contributed by atoms with Crippen LogP contribution in [0.25, 0.3) is 16.6 Å². The fraction of sp³-hybridized carbons (Fsp3) is 0.143. The number of para-hydroxylation sites is 1. The summed E-state index contributed by atoms with van der Waals surface area (Å²) in [5.74, 6) is -0.950. The van der Waals surface area contributed by atoms with Gasteiger partial charge in [0.1, 0.15) is 5.65 Å². The van der Waals surface area contributed by atoms with Crippen molar-refractivity contribution in [3.05, 3.63) is 47.3 Å². The molecule has 18 heavy (non-hydrogen) atoms. The van der Waals surface area contributed by atoms with Crippen molar-refractivity contribution in [1.29, 1.82) is 0 Å². The lowest BCUT2D eigenvalue weighted by Crippen LogP contribution is -2.04. The molecule has 0 aliphatic rings. The summed E-state index contributed by atoms with van der Waals surface area (Å²) in [6, 6.07) is 9.68. The van der Waals surface area contributed by atoms with E-state index in [4.69, 9.17) is 0 Å². The first kappa shape index (κ1) is 10.8. The number of aromatic carboxylic acids is 1. The van der Waals surface area contributed by atoms with Gasteiger partial charge in [-0.05, 0) is 31.5 Å². The largest absolute Gasteiger partial charge is 0.477 e. The van der Waals surface area contributed by atoms with E-state index >= 15 is 0 Å². The molecule has 0 saturated heterocycles. The van der Waals surface area contributed by atoms with E-state index < -0.39 is 5.97 Å². The first-order chi connectivity index (χ1) is 8.59. The van der Waals surface area contributed by atoms with Gasteiger partial charge in [0.05, 0.1) is 11.2 Å². The van der Waals surface area contributed by atoms with Crippen LogP contribution in [-0.4, -0.2) is 20.5 Å². The minimum Gasteiger partial charge on any atom is -0.477 e. The molecule has 0 bridgehead atoms. The standard InChI is InChI=1S/C14H12N2O2/c1-8-7-12-15-9(2)13(14(17)18)16(12)11-6-4-3-5-10(8)11/h3-7H,1-2H3,(H,17,18). The van der Waals surface area contributed by atoms with Gasteiger partial charge in [-0.2, -0.15) is 0 Å². The van der Waals surface area contributed by atoms with E-state index in [1.54, 1.807) is 11.3 Å². The van der Waals surface area contributed by atoms with Crippen LogP contribution in [0.1, 0.15) is 21.7 Å². The molecule has 0 saturated carbocycles. The van der Waals surface area contributed by atoms with Gasteiger partial charge in [0.15, 0.2) is 5.69 Å². The predicted octanol–water partition coefficient (Wildman–Crippen LogP) is 2.80. The van der Waals surface area contributed by atoms with Crippen LogP contribution in [0.15, 0.2) is 30.3 Å². The Morgan fingerprint density at radius 3 is 2.72 bits per heavy atom. The summed E-state index contributed by atoms with van der Waals surface area (Å²) < 4.78 is 1.71. The number of imidazole rings is 1. The number of rotatable bonds is 1. The Bertz CT molecular complexity index is 787. The molecule has 90 valence electrons. The summed E-state index contributed by atoms with van der Waals surface area (Å²) in [5, 5.41) is 10.4. The number of fused-ring (bicyclic) bond motifs is 3. The van der Waals surface area contributed by atoms with Gasteiger partial charge in [0.25, 0.3) is 0 Å². The molecule has 4 nitrogen and oxygen atoms in total. The molecule has 0 unspecified atom stereocenters. The van der Waals surface area contributed by atoms with E-state index in [1.807, 2.05) is 37.3 Å². The van der Waals surface area contributed by atoms with E-state index in [-0.39, 0.29) is 5.69 Å². The van der Waals surface area contributed by atoms with Crippen LogP contribution in [-0.2, 0) is 0 Å². The highest BCUT2D eigenvalue weighted by Gasteiger charge is 2.17. The van der Waals surface area contributed by atoms with E-state index in [9.17, 15) is 9.90 Å². The molecule has 0 amide bonds. The van der Waals surface area contributed by atoms with Crippen LogP contribution in [0.2, 0.25) is 0 Å². The van der Waals surface area contributed by atoms with Crippen molar-refractivity contribution < 1.29 is 9.90 Å². The number of carbonyl (C=O) groups is 1. The number of carboxylic acid groups (broad SMARTS) is 1. The molecule has 1 N–H and O–H groups in total. The summed E-state index contributed by atoms with van der Waals surface area (Å²) in [5.41, 5.74) is 3.44. The molecule has 0 atom stereocenters. The maximum Gasteiger partial charge on any atom is 0.354 e. The van der Waals surface area contributed by atoms with Crippen molar-refractivity contribution >= 4 is 22.5 Å². The second-order valence-corrected chi connectivity index (χ2v) is 4.39. The van der Waals surface area contributed by atoms with E-state index in [1.165, 1.54) is 0 Å². The molecule has 0 radical (unpaired) electrons. The SMILES string of the molecule is Cc1nc2cc(C)c3ccccc3n2c1C(=O)O. The van der Waals surface area contributed by atoms with Crippen LogP contribution in [0.5, 0.6) is 0 Å². The van der Waals surface area contributed by atoms with Crippen molar-refractivity contribution in [1.82, 2.24) is 9.38 Å². The predicted molar refractivity (Wildman–Crippen MR) is 69.1 cm³/mol. The van der Waals surface area contributed by atoms with Gasteiger partial charge in [-0.25, -0.2) is 9.78 Å². The van der Waals surface area contributed by atoms with Gasteiger partial charge in [-0.3, -0.25) is 4.40 Å². The number of nitrogens with zero attached hydrogens (tertiary/aromatic N) is 2. The van der Waals surface area contributed by atoms with Crippen LogP contribution in [0.4, 0.5) is 0 Å². The summed E-state index contributed by atoms with van der Waals surface area (Å²) in [6.07, 6.45) is 0. The summed E-state index contributed by atoms with van der Waals surface area (Å²) in [6.45, 7) is 3.73. The molecular weight excluding hydrogens is 228 g/mol. The minimum absolute atomic E-state index is 0.237. The van der Waals surface area contributed by atoms with Crippen molar-refractivity contribution in [2.24, 2.45) is 0 Å². The normalized spacial score (nSPS) is 11.2. The summed E-state index contributed by atoms with van der Waals surface area (Å²) in [4.78, 5) is 15.7. The Labute approximate surface area is 104 Å². The zero-order valence-corrected chi connectivity index (χ0v) is 10.1. The van der Waals surface area contributed by atoms with Gasteiger partial charge >= 0.3 is 5.97 Å². The molecule has 0 aliphatic heterocycles. The highest BCUT2D eigenvalue weighted by molar-refractivity contribution is 5.93. The number of hydrogen-bond acceptors (Lipinski definition) is 2. The lowest BCUT2D eigenvalue weighted by atomic mass is 10.1. The van der Waals surface area contributed by atoms with E-state index in [0.29, 0.717) is 11.3 Å². The van der Waals surface area contributed by atoms with Crippen molar-refractivity contribution in [3.8, 4) is 0 Å². The molecule has 3 rings (SSSR count). The Kier molecular flexibility index (Phi) is 2.13. The molecule has 0 aliphatic carbocycles. The highest BCUT2D eigenvalue weighted by Crippen LogP contribution is 2.24. The van der Waals surface area contributed by atoms with Crippen LogP contribution in [0, 0.1) is 13.8 Å². The van der Waals surface area contributed by atoms with E-state index in [0.717, 1.165) is 16.5 Å². The van der Waals surface area contributed by atoms with E-state index in [2.05, 4.69) is 4.98 Å². The smallest absolute Gasteiger partial charge is 0.354 e. The maximum atomic E-state index is 11.4. The number of pyridine rings is 1. The molecular formula is C14H12N2O2. The molecule has 3 aromatic rings. The molecule has 2 heterocycles. The summed E-state index contributed by atoms with van der Waals surface area (Å²) in [7, 11) is 0. The average Bonchev–Trinajstić information content (AvgIpc) is 2.66. The monoisotopic (exact) mass is 240 g/mol. The Morgan fingerprint density at radius 2 is 2.00 bits per heavy atom. The zero-order chi connectivity index (χ0) is 12.9. The van der Waals surface area contributed by atoms with Crippen molar-refractivity contribution in [3.63, 3.8) is 0 Å². The maximum absolute atomic E-state index is 11.4. The van der Waals surface area contributed by atoms with Gasteiger partial charge < -0.3 is 5.11 Å². The van der Waals surface area contributed by atoms with Gasteiger partial charge in [0.2, 0.25) is 0 Å². The van der Waals surface area contributed by atoms with Crippen molar-refractivity contribution in [2.75, 3.05) is 0 Å². The van der Waals surface area contributed by atoms with Crippen LogP contribution in [0.3, 0.4) is 0 Å². The number of aromatic nitrogens is 2. The Hall–Kier alpha value is -2.36. The number of hydrogen-bond donors (Lipinski definition) is 1. The first-order valence-corrected chi connectivity index (χ1v) is 5.70. The number of benzene rings is 1. The average molecular weight is 240 g/mol. The first-order valence-electron chi connectivity index (χ1n) is 5.70. The molecule has 4 heteroatoms. The number of carboxylic acids is 1. The van der Waals surface area contributed by atoms with Gasteiger partial charge in [0, 0.05) is 5.39 Å². The lowest BCUT2D eigenvalue weighted by Gasteiger charge is -2.06. The zero-order valence-electron chi connectivity index (χ0n) is 10.1. The molecule has 0 fully saturated rings. The lowest BCUT2D eigenvalue weighted by molar-refractivity contribution is 0.0689. The molecule has 0 spiro atoms. The quantitative estimate of drug-likeness (QED) is 0.711. The third-order valence-electron chi connectivity index (χ3n) is 3.20. The van der Waals surface area contributed by atoms with Crippen LogP contribution >= 0.6 is 0 Å². The number of aryl methyl sites for hydroxylation is 2. The van der Waals surface area contributed by atoms with Gasteiger partial charge in [-0.15, -0.1) is 0 Å². The second-order valence-electron chi connectivity index (χ2n) is 4.39. The van der Waals surface area contributed by atoms with Crippen LogP contribution < -0.4 is 0 Å². The minimum atomic E-state index is -0.950. The third kappa shape index (κ3) is 1.32. The highest BCUT2D eigenvalue weighted by atomic mass is 16.4. The Balaban J connectivity index is 2.63. The molecule has 1 aromatic carbocycles.